The molecule has 4 rings (SSSR count). The van der Waals surface area contributed by atoms with Gasteiger partial charge in [-0.15, -0.1) is 11.8 Å². The van der Waals surface area contributed by atoms with Gasteiger partial charge in [0.2, 0.25) is 11.8 Å². The first kappa shape index (κ1) is 22.6. The Morgan fingerprint density at radius 1 is 1.03 bits per heavy atom. The van der Waals surface area contributed by atoms with Crippen molar-refractivity contribution in [2.24, 2.45) is 0 Å². The van der Waals surface area contributed by atoms with Crippen LogP contribution >= 0.6 is 23.1 Å². The summed E-state index contributed by atoms with van der Waals surface area (Å²) >= 11 is 2.79. The number of methoxy groups -OCH3 is 1. The van der Waals surface area contributed by atoms with Gasteiger partial charge in [0.15, 0.2) is 5.13 Å². The van der Waals surface area contributed by atoms with Crippen LogP contribution in [0.3, 0.4) is 0 Å². The first-order valence-electron chi connectivity index (χ1n) is 10.1. The van der Waals surface area contributed by atoms with Crippen molar-refractivity contribution < 1.29 is 14.3 Å². The predicted octanol–water partition coefficient (Wildman–Crippen LogP) is 5.69. The van der Waals surface area contributed by atoms with Crippen LogP contribution in [0.15, 0.2) is 83.8 Å². The number of ether oxygens (including phenoxy) is 1. The Balaban J connectivity index is 1.30. The molecule has 3 aromatic carbocycles. The van der Waals surface area contributed by atoms with Crippen LogP contribution in [0, 0.1) is 0 Å². The minimum atomic E-state index is -0.216. The van der Waals surface area contributed by atoms with Crippen molar-refractivity contribution in [1.29, 1.82) is 0 Å². The standard InChI is InChI=1S/C25H21N3O3S2/c1-31-19-11-12-21-22(15-19)33-25(27-21)28-24(30)16-32-20-9-5-8-18(14-20)26-23(29)13-10-17-6-3-2-4-7-17/h2-15H,16H2,1H3,(H,26,29)(H,27,28,30)/b13-10+. The molecule has 33 heavy (non-hydrogen) atoms. The normalized spacial score (nSPS) is 10.9. The zero-order valence-electron chi connectivity index (χ0n) is 17.8. The third-order valence-electron chi connectivity index (χ3n) is 4.54. The maximum Gasteiger partial charge on any atom is 0.248 e. The van der Waals surface area contributed by atoms with Gasteiger partial charge in [-0.25, -0.2) is 4.98 Å². The number of aromatic nitrogens is 1. The quantitative estimate of drug-likeness (QED) is 0.253. The zero-order valence-corrected chi connectivity index (χ0v) is 19.4. The Bertz CT molecular complexity index is 1300. The molecule has 6 nitrogen and oxygen atoms in total. The molecule has 166 valence electrons. The molecule has 0 spiro atoms. The number of amides is 2. The van der Waals surface area contributed by atoms with Crippen molar-refractivity contribution in [2.75, 3.05) is 23.5 Å². The highest BCUT2D eigenvalue weighted by Crippen LogP contribution is 2.29. The molecule has 0 atom stereocenters. The van der Waals surface area contributed by atoms with Crippen molar-refractivity contribution in [1.82, 2.24) is 4.98 Å². The van der Waals surface area contributed by atoms with E-state index in [0.717, 1.165) is 26.4 Å². The smallest absolute Gasteiger partial charge is 0.248 e. The molecular weight excluding hydrogens is 454 g/mol. The number of rotatable bonds is 8. The highest BCUT2D eigenvalue weighted by atomic mass is 32.2. The van der Waals surface area contributed by atoms with Crippen LogP contribution in [0.5, 0.6) is 5.75 Å². The maximum absolute atomic E-state index is 12.4. The average Bonchev–Trinajstić information content (AvgIpc) is 3.23. The number of nitrogens with zero attached hydrogens (tertiary/aromatic N) is 1. The lowest BCUT2D eigenvalue weighted by Crippen LogP contribution is -2.13. The fourth-order valence-electron chi connectivity index (χ4n) is 2.97. The zero-order chi connectivity index (χ0) is 23.0. The molecule has 0 fully saturated rings. The predicted molar refractivity (Wildman–Crippen MR) is 136 cm³/mol. The second kappa shape index (κ2) is 10.8. The Morgan fingerprint density at radius 3 is 2.70 bits per heavy atom. The molecule has 0 radical (unpaired) electrons. The minimum Gasteiger partial charge on any atom is -0.497 e. The summed E-state index contributed by atoms with van der Waals surface area (Å²) in [6.45, 7) is 0. The second-order valence-corrected chi connectivity index (χ2v) is 9.03. The van der Waals surface area contributed by atoms with Gasteiger partial charge in [-0.05, 0) is 48.0 Å². The second-order valence-electron chi connectivity index (χ2n) is 6.95. The molecule has 8 heteroatoms. The number of benzene rings is 3. The summed E-state index contributed by atoms with van der Waals surface area (Å²) in [5.41, 5.74) is 2.44. The summed E-state index contributed by atoms with van der Waals surface area (Å²) in [6, 6.07) is 22.6. The van der Waals surface area contributed by atoms with Gasteiger partial charge in [0.05, 0.1) is 23.1 Å². The Kier molecular flexibility index (Phi) is 7.39. The molecule has 2 N–H and O–H groups in total. The SMILES string of the molecule is COc1ccc2nc(NC(=O)CSc3cccc(NC(=O)/C=C/c4ccccc4)c3)sc2c1. The number of anilines is 2. The molecule has 0 aliphatic heterocycles. The van der Waals surface area contributed by atoms with Gasteiger partial charge in [0.1, 0.15) is 5.75 Å². The van der Waals surface area contributed by atoms with Gasteiger partial charge in [-0.3, -0.25) is 9.59 Å². The summed E-state index contributed by atoms with van der Waals surface area (Å²) in [4.78, 5) is 29.9. The van der Waals surface area contributed by atoms with E-state index in [1.54, 1.807) is 13.2 Å². The summed E-state index contributed by atoms with van der Waals surface area (Å²) in [6.07, 6.45) is 3.26. The minimum absolute atomic E-state index is 0.147. The summed E-state index contributed by atoms with van der Waals surface area (Å²) in [5.74, 6) is 0.615. The number of nitrogens with one attached hydrogen (secondary N) is 2. The summed E-state index contributed by atoms with van der Waals surface area (Å²) in [7, 11) is 1.62. The van der Waals surface area contributed by atoms with Crippen LogP contribution < -0.4 is 15.4 Å². The molecule has 0 saturated carbocycles. The van der Waals surface area contributed by atoms with E-state index in [0.29, 0.717) is 10.8 Å². The van der Waals surface area contributed by atoms with Crippen molar-refractivity contribution in [3.63, 3.8) is 0 Å². The highest BCUT2D eigenvalue weighted by molar-refractivity contribution is 8.00. The average molecular weight is 476 g/mol. The number of fused-ring (bicyclic) bond motifs is 1. The lowest BCUT2D eigenvalue weighted by Gasteiger charge is -2.06. The van der Waals surface area contributed by atoms with E-state index in [1.807, 2.05) is 72.8 Å². The molecular formula is C25H21N3O3S2. The number of carbonyl (C=O) groups excluding carboxylic acids is 2. The van der Waals surface area contributed by atoms with Crippen LogP contribution in [0.25, 0.3) is 16.3 Å². The first-order valence-corrected chi connectivity index (χ1v) is 11.9. The monoisotopic (exact) mass is 475 g/mol. The Labute approximate surface area is 199 Å². The van der Waals surface area contributed by atoms with Crippen LogP contribution in [0.2, 0.25) is 0 Å². The lowest BCUT2D eigenvalue weighted by atomic mass is 10.2. The van der Waals surface area contributed by atoms with Crippen LogP contribution in [0.1, 0.15) is 5.56 Å². The van der Waals surface area contributed by atoms with Crippen LogP contribution in [-0.4, -0.2) is 29.7 Å². The Hall–Kier alpha value is -3.62. The largest absolute Gasteiger partial charge is 0.497 e. The van der Waals surface area contributed by atoms with E-state index in [2.05, 4.69) is 15.6 Å². The van der Waals surface area contributed by atoms with Crippen molar-refractivity contribution in [3.05, 3.63) is 84.4 Å². The number of carbonyl (C=O) groups is 2. The maximum atomic E-state index is 12.4. The molecule has 0 aliphatic carbocycles. The third kappa shape index (κ3) is 6.44. The molecule has 0 bridgehead atoms. The number of thioether (sulfide) groups is 1. The van der Waals surface area contributed by atoms with Crippen LogP contribution in [-0.2, 0) is 9.59 Å². The van der Waals surface area contributed by atoms with Gasteiger partial charge in [0.25, 0.3) is 0 Å². The Morgan fingerprint density at radius 2 is 1.88 bits per heavy atom. The lowest BCUT2D eigenvalue weighted by molar-refractivity contribution is -0.114. The molecule has 0 saturated heterocycles. The van der Waals surface area contributed by atoms with E-state index < -0.39 is 0 Å². The fourth-order valence-corrected chi connectivity index (χ4v) is 4.64. The molecule has 4 aromatic rings. The van der Waals surface area contributed by atoms with E-state index >= 15 is 0 Å². The van der Waals surface area contributed by atoms with Gasteiger partial charge in [0, 0.05) is 16.7 Å². The third-order valence-corrected chi connectivity index (χ3v) is 6.47. The number of hydrogen-bond acceptors (Lipinski definition) is 6. The molecule has 0 aliphatic rings. The summed E-state index contributed by atoms with van der Waals surface area (Å²) in [5, 5.41) is 6.24. The van der Waals surface area contributed by atoms with Crippen molar-refractivity contribution in [3.8, 4) is 5.75 Å². The molecule has 1 aromatic heterocycles. The van der Waals surface area contributed by atoms with Gasteiger partial charge < -0.3 is 15.4 Å². The number of hydrogen-bond donors (Lipinski definition) is 2. The van der Waals surface area contributed by atoms with Crippen molar-refractivity contribution in [2.45, 2.75) is 4.90 Å². The van der Waals surface area contributed by atoms with E-state index in [-0.39, 0.29) is 17.6 Å². The molecule has 0 unspecified atom stereocenters. The van der Waals surface area contributed by atoms with Gasteiger partial charge in [-0.1, -0.05) is 47.7 Å². The van der Waals surface area contributed by atoms with E-state index in [1.165, 1.54) is 29.2 Å². The molecule has 1 heterocycles. The number of thiazole rings is 1. The fraction of sp³-hybridized carbons (Fsp3) is 0.0800. The van der Waals surface area contributed by atoms with Crippen LogP contribution in [0.4, 0.5) is 10.8 Å². The van der Waals surface area contributed by atoms with E-state index in [4.69, 9.17) is 4.74 Å². The topological polar surface area (TPSA) is 80.3 Å². The molecule has 2 amide bonds. The van der Waals surface area contributed by atoms with Gasteiger partial charge >= 0.3 is 0 Å². The highest BCUT2D eigenvalue weighted by Gasteiger charge is 2.10. The first-order chi connectivity index (χ1) is 16.1. The summed E-state index contributed by atoms with van der Waals surface area (Å²) < 4.78 is 6.17. The van der Waals surface area contributed by atoms with Gasteiger partial charge in [-0.2, -0.15) is 0 Å². The van der Waals surface area contributed by atoms with E-state index in [9.17, 15) is 9.59 Å². The van der Waals surface area contributed by atoms with Crippen molar-refractivity contribution >= 4 is 62.0 Å².